The van der Waals surface area contributed by atoms with Gasteiger partial charge in [-0.05, 0) is 54.4 Å². The molecule has 1 aromatic carbocycles. The summed E-state index contributed by atoms with van der Waals surface area (Å²) in [5, 5.41) is 2.79. The minimum atomic E-state index is -4.67. The second-order valence-electron chi connectivity index (χ2n) is 8.98. The van der Waals surface area contributed by atoms with E-state index >= 15 is 0 Å². The zero-order valence-electron chi connectivity index (χ0n) is 20.0. The monoisotopic (exact) mass is 513 g/mol. The Hall–Kier alpha value is -3.15. The average molecular weight is 514 g/mol. The molecule has 0 aliphatic heterocycles. The van der Waals surface area contributed by atoms with Crippen molar-refractivity contribution in [2.75, 3.05) is 17.2 Å². The van der Waals surface area contributed by atoms with Crippen LogP contribution in [0, 0.1) is 11.8 Å². The van der Waals surface area contributed by atoms with Crippen LogP contribution < -0.4 is 21.7 Å². The van der Waals surface area contributed by atoms with Crippen molar-refractivity contribution in [3.8, 4) is 0 Å². The molecule has 0 aliphatic carbocycles. The van der Waals surface area contributed by atoms with E-state index in [0.717, 1.165) is 23.1 Å². The Morgan fingerprint density at radius 1 is 1.14 bits per heavy atom. The van der Waals surface area contributed by atoms with E-state index in [1.807, 2.05) is 27.7 Å². The highest BCUT2D eigenvalue weighted by Crippen LogP contribution is 2.34. The van der Waals surface area contributed by atoms with Crippen LogP contribution in [0.3, 0.4) is 0 Å². The number of nitrogens with two attached hydrogens (primary N) is 2. The predicted molar refractivity (Wildman–Crippen MR) is 129 cm³/mol. The van der Waals surface area contributed by atoms with Gasteiger partial charge in [-0.3, -0.25) is 19.3 Å². The lowest BCUT2D eigenvalue weighted by Crippen LogP contribution is -2.51. The number of carbonyl (C=O) groups is 3. The van der Waals surface area contributed by atoms with Crippen molar-refractivity contribution in [3.05, 3.63) is 40.4 Å². The van der Waals surface area contributed by atoms with Gasteiger partial charge in [0.2, 0.25) is 5.91 Å². The van der Waals surface area contributed by atoms with Crippen molar-refractivity contribution < 1.29 is 27.6 Å². The van der Waals surface area contributed by atoms with Crippen LogP contribution in [0.25, 0.3) is 0 Å². The normalized spacial score (nSPS) is 12.6. The fourth-order valence-electron chi connectivity index (χ4n) is 3.39. The molecule has 0 fully saturated rings. The third-order valence-corrected chi connectivity index (χ3v) is 6.01. The standard InChI is InChI=1S/C23H30F3N5O3S/c1-12(2)8-9-29-21(33)16(10-13(3)4)31(15-7-5-6-14(11-15)23(24,25)26)22(34)19-17(27)18(20(28)32)30-35-19/h5-7,11-13,16H,8-10,27H2,1-4H3,(H2,28,32)(H,29,33)/t16-/m1/s1. The van der Waals surface area contributed by atoms with Crippen molar-refractivity contribution in [1.82, 2.24) is 9.69 Å². The summed E-state index contributed by atoms with van der Waals surface area (Å²) in [5.41, 5.74) is 9.46. The molecule has 0 aliphatic rings. The molecule has 2 aromatic rings. The summed E-state index contributed by atoms with van der Waals surface area (Å²) >= 11 is 0.594. The fourth-order valence-corrected chi connectivity index (χ4v) is 4.13. The minimum Gasteiger partial charge on any atom is -0.395 e. The molecule has 0 radical (unpaired) electrons. The molecule has 1 heterocycles. The molecule has 1 aromatic heterocycles. The van der Waals surface area contributed by atoms with Crippen LogP contribution in [0.2, 0.25) is 0 Å². The first-order valence-corrected chi connectivity index (χ1v) is 11.8. The number of anilines is 2. The summed E-state index contributed by atoms with van der Waals surface area (Å²) in [6, 6.07) is 3.01. The first-order chi connectivity index (χ1) is 16.2. The van der Waals surface area contributed by atoms with Gasteiger partial charge in [-0.2, -0.15) is 17.5 Å². The molecule has 3 amide bonds. The van der Waals surface area contributed by atoms with Crippen LogP contribution in [0.4, 0.5) is 24.5 Å². The predicted octanol–water partition coefficient (Wildman–Crippen LogP) is 4.07. The number of carbonyl (C=O) groups excluding carboxylic acids is 3. The number of benzene rings is 1. The van der Waals surface area contributed by atoms with E-state index in [2.05, 4.69) is 9.69 Å². The van der Waals surface area contributed by atoms with Gasteiger partial charge in [0.1, 0.15) is 10.9 Å². The van der Waals surface area contributed by atoms with Gasteiger partial charge in [-0.25, -0.2) is 0 Å². The molecule has 0 saturated heterocycles. The number of nitrogens with one attached hydrogen (secondary N) is 1. The first kappa shape index (κ1) is 28.1. The molecule has 5 N–H and O–H groups in total. The molecule has 1 atom stereocenters. The molecule has 8 nitrogen and oxygen atoms in total. The Morgan fingerprint density at radius 3 is 2.31 bits per heavy atom. The summed E-state index contributed by atoms with van der Waals surface area (Å²) < 4.78 is 44.2. The van der Waals surface area contributed by atoms with Crippen LogP contribution in [0.15, 0.2) is 24.3 Å². The van der Waals surface area contributed by atoms with Crippen molar-refractivity contribution in [2.24, 2.45) is 17.6 Å². The number of nitrogen functional groups attached to an aromatic ring is 1. The van der Waals surface area contributed by atoms with Gasteiger partial charge >= 0.3 is 6.18 Å². The van der Waals surface area contributed by atoms with Crippen molar-refractivity contribution >= 4 is 40.6 Å². The number of aromatic nitrogens is 1. The van der Waals surface area contributed by atoms with Gasteiger partial charge in [0.05, 0.1) is 11.3 Å². The third kappa shape index (κ3) is 7.17. The number of alkyl halides is 3. The molecular formula is C23H30F3N5O3S. The van der Waals surface area contributed by atoms with Crippen molar-refractivity contribution in [1.29, 1.82) is 0 Å². The van der Waals surface area contributed by atoms with Gasteiger partial charge in [0.15, 0.2) is 5.69 Å². The maximum atomic E-state index is 13.7. The number of nitrogens with zero attached hydrogens (tertiary/aromatic N) is 2. The third-order valence-electron chi connectivity index (χ3n) is 5.16. The highest BCUT2D eigenvalue weighted by atomic mass is 32.1. The lowest BCUT2D eigenvalue weighted by Gasteiger charge is -2.32. The number of rotatable bonds is 10. The van der Waals surface area contributed by atoms with Crippen LogP contribution in [0.5, 0.6) is 0 Å². The van der Waals surface area contributed by atoms with Crippen LogP contribution >= 0.6 is 11.5 Å². The van der Waals surface area contributed by atoms with E-state index in [4.69, 9.17) is 11.5 Å². The van der Waals surface area contributed by atoms with Crippen LogP contribution in [-0.4, -0.2) is 34.7 Å². The summed E-state index contributed by atoms with van der Waals surface area (Å²) in [6.45, 7) is 7.97. The van der Waals surface area contributed by atoms with Gasteiger partial charge in [0.25, 0.3) is 11.8 Å². The largest absolute Gasteiger partial charge is 0.416 e. The second-order valence-corrected chi connectivity index (χ2v) is 9.75. The van der Waals surface area contributed by atoms with Crippen molar-refractivity contribution in [2.45, 2.75) is 52.8 Å². The topological polar surface area (TPSA) is 131 Å². The second kappa shape index (κ2) is 11.5. The molecular weight excluding hydrogens is 483 g/mol. The highest BCUT2D eigenvalue weighted by molar-refractivity contribution is 7.09. The molecule has 35 heavy (non-hydrogen) atoms. The first-order valence-electron chi connectivity index (χ1n) is 11.1. The fraction of sp³-hybridized carbons (Fsp3) is 0.478. The summed E-state index contributed by atoms with van der Waals surface area (Å²) in [7, 11) is 0. The highest BCUT2D eigenvalue weighted by Gasteiger charge is 2.37. The molecule has 0 spiro atoms. The van der Waals surface area contributed by atoms with Gasteiger partial charge < -0.3 is 16.8 Å². The van der Waals surface area contributed by atoms with Crippen LogP contribution in [-0.2, 0) is 11.0 Å². The lowest BCUT2D eigenvalue weighted by atomic mass is 9.99. The Labute approximate surface area is 206 Å². The van der Waals surface area contributed by atoms with Crippen molar-refractivity contribution in [3.63, 3.8) is 0 Å². The lowest BCUT2D eigenvalue weighted by molar-refractivity contribution is -0.137. The molecule has 192 valence electrons. The summed E-state index contributed by atoms with van der Waals surface area (Å²) in [5.74, 6) is -2.09. The maximum absolute atomic E-state index is 13.7. The molecule has 0 unspecified atom stereocenters. The van der Waals surface area contributed by atoms with E-state index in [9.17, 15) is 27.6 Å². The summed E-state index contributed by atoms with van der Waals surface area (Å²) in [4.78, 5) is 39.3. The van der Waals surface area contributed by atoms with E-state index < -0.39 is 35.5 Å². The minimum absolute atomic E-state index is 0.0862. The average Bonchev–Trinajstić information content (AvgIpc) is 3.13. The molecule has 2 rings (SSSR count). The number of hydrogen-bond donors (Lipinski definition) is 3. The van der Waals surface area contributed by atoms with E-state index in [1.165, 1.54) is 6.07 Å². The van der Waals surface area contributed by atoms with E-state index in [1.54, 1.807) is 0 Å². The summed E-state index contributed by atoms with van der Waals surface area (Å²) in [6.07, 6.45) is -3.82. The molecule has 0 saturated carbocycles. The van der Waals surface area contributed by atoms with Gasteiger partial charge in [-0.1, -0.05) is 33.8 Å². The Balaban J connectivity index is 2.63. The molecule has 12 heteroatoms. The number of primary amides is 1. The smallest absolute Gasteiger partial charge is 0.395 e. The number of amides is 3. The maximum Gasteiger partial charge on any atom is 0.416 e. The Bertz CT molecular complexity index is 1070. The number of hydrogen-bond acceptors (Lipinski definition) is 6. The van der Waals surface area contributed by atoms with Gasteiger partial charge in [-0.15, -0.1) is 0 Å². The zero-order valence-corrected chi connectivity index (χ0v) is 20.8. The van der Waals surface area contributed by atoms with Crippen LogP contribution in [0.1, 0.15) is 66.3 Å². The van der Waals surface area contributed by atoms with E-state index in [-0.39, 0.29) is 34.3 Å². The molecule has 0 bridgehead atoms. The number of halogens is 3. The Kier molecular flexibility index (Phi) is 9.24. The Morgan fingerprint density at radius 2 is 1.80 bits per heavy atom. The van der Waals surface area contributed by atoms with Gasteiger partial charge in [0, 0.05) is 12.2 Å². The van der Waals surface area contributed by atoms with E-state index in [0.29, 0.717) is 30.4 Å². The quantitative estimate of drug-likeness (QED) is 0.441. The SMILES string of the molecule is CC(C)CCNC(=O)[C@@H](CC(C)C)N(C(=O)c1snc(C(N)=O)c1N)c1cccc(C(F)(F)F)c1. The zero-order chi connectivity index (χ0) is 26.5.